The Bertz CT molecular complexity index is 1260. The predicted molar refractivity (Wildman–Crippen MR) is 98.9 cm³/mol. The van der Waals surface area contributed by atoms with Gasteiger partial charge in [-0.1, -0.05) is 0 Å². The fourth-order valence-corrected chi connectivity index (χ4v) is 3.28. The van der Waals surface area contributed by atoms with Gasteiger partial charge >= 0.3 is 11.4 Å². The quantitative estimate of drug-likeness (QED) is 0.504. The minimum absolute atomic E-state index is 0.325. The summed E-state index contributed by atoms with van der Waals surface area (Å²) in [5.74, 6) is -2.88. The molecule has 0 amide bonds. The molecule has 3 aromatic rings. The topological polar surface area (TPSA) is 145 Å². The van der Waals surface area contributed by atoms with E-state index in [1.807, 2.05) is 0 Å². The van der Waals surface area contributed by atoms with Crippen molar-refractivity contribution < 1.29 is 15.2 Å². The van der Waals surface area contributed by atoms with Crippen LogP contribution in [0.3, 0.4) is 0 Å². The molecule has 11 heteroatoms. The van der Waals surface area contributed by atoms with Crippen molar-refractivity contribution in [2.45, 2.75) is 5.92 Å². The summed E-state index contributed by atoms with van der Waals surface area (Å²) in [6, 6.07) is 3.05. The molecule has 3 heterocycles. The zero-order valence-electron chi connectivity index (χ0n) is 16.2. The van der Waals surface area contributed by atoms with E-state index < -0.39 is 45.7 Å². The number of aromatic nitrogens is 5. The summed E-state index contributed by atoms with van der Waals surface area (Å²) < 4.78 is 3.12. The van der Waals surface area contributed by atoms with Crippen molar-refractivity contribution in [1.82, 2.24) is 18.3 Å². The maximum atomic E-state index is 12.9. The third-order valence-electron chi connectivity index (χ3n) is 4.97. The van der Waals surface area contributed by atoms with Crippen LogP contribution in [0.2, 0.25) is 0 Å². The molecule has 3 aromatic heterocycles. The Morgan fingerprint density at radius 2 is 1.31 bits per heavy atom. The normalized spacial score (nSPS) is 12.1. The zero-order valence-corrected chi connectivity index (χ0v) is 16.2. The molecule has 0 aliphatic heterocycles. The predicted octanol–water partition coefficient (Wildman–Crippen LogP) is -2.75. The van der Waals surface area contributed by atoms with Crippen molar-refractivity contribution in [3.05, 3.63) is 82.9 Å². The highest BCUT2D eigenvalue weighted by Gasteiger charge is 2.31. The Morgan fingerprint density at radius 3 is 1.86 bits per heavy atom. The van der Waals surface area contributed by atoms with Crippen LogP contribution in [-0.2, 0) is 28.2 Å². The number of rotatable bonds is 3. The van der Waals surface area contributed by atoms with Gasteiger partial charge in [0.05, 0.1) is 11.5 Å². The Hall–Kier alpha value is -3.89. The maximum Gasteiger partial charge on any atom is 0.333 e. The van der Waals surface area contributed by atoms with E-state index in [1.165, 1.54) is 52.7 Å². The van der Waals surface area contributed by atoms with Crippen LogP contribution in [0.15, 0.2) is 43.7 Å². The number of pyridine rings is 1. The average molecular weight is 401 g/mol. The van der Waals surface area contributed by atoms with E-state index in [0.29, 0.717) is 5.56 Å². The van der Waals surface area contributed by atoms with Crippen molar-refractivity contribution >= 4 is 0 Å². The first-order valence-corrected chi connectivity index (χ1v) is 8.51. The van der Waals surface area contributed by atoms with Crippen molar-refractivity contribution in [1.29, 1.82) is 0 Å². The molecule has 0 fully saturated rings. The molecule has 29 heavy (non-hydrogen) atoms. The van der Waals surface area contributed by atoms with Gasteiger partial charge < -0.3 is 14.8 Å². The summed E-state index contributed by atoms with van der Waals surface area (Å²) in [5, 5.41) is 23.5. The number of hydrogen-bond donors (Lipinski definition) is 1. The number of aromatic amines is 1. The molecule has 0 aromatic carbocycles. The standard InChI is InChI=1S/C18H19N5O6/c1-20-13(24)11(14(25)21(2)17(20)28)10(9-5-7-19-8-6-9)12-15(26)22(3)18(29)23(4)16(12)27/h5-8,10,24,26H,1-4H3. The monoisotopic (exact) mass is 401 g/mol. The number of nitrogens with one attached hydrogen (secondary N) is 1. The van der Waals surface area contributed by atoms with Gasteiger partial charge in [0.2, 0.25) is 5.88 Å². The second-order valence-electron chi connectivity index (χ2n) is 6.63. The summed E-state index contributed by atoms with van der Waals surface area (Å²) in [4.78, 5) is 52.8. The molecule has 0 saturated heterocycles. The minimum Gasteiger partial charge on any atom is -0.860 e. The third-order valence-corrected chi connectivity index (χ3v) is 4.97. The number of hydrogen-bond acceptors (Lipinski definition) is 6. The Morgan fingerprint density at radius 1 is 0.828 bits per heavy atom. The van der Waals surface area contributed by atoms with Crippen LogP contribution in [-0.4, -0.2) is 23.4 Å². The maximum absolute atomic E-state index is 12.9. The van der Waals surface area contributed by atoms with Crippen molar-refractivity contribution in [3.63, 3.8) is 0 Å². The highest BCUT2D eigenvalue weighted by Crippen LogP contribution is 2.34. The molecule has 2 N–H and O–H groups in total. The van der Waals surface area contributed by atoms with Crippen LogP contribution in [0, 0.1) is 0 Å². The van der Waals surface area contributed by atoms with Gasteiger partial charge in [-0.2, -0.15) is 0 Å². The molecule has 1 unspecified atom stereocenters. The van der Waals surface area contributed by atoms with Gasteiger partial charge in [0.15, 0.2) is 12.4 Å². The van der Waals surface area contributed by atoms with E-state index in [0.717, 1.165) is 18.3 Å². The molecule has 0 aliphatic rings. The first-order chi connectivity index (χ1) is 13.6. The smallest absolute Gasteiger partial charge is 0.333 e. The van der Waals surface area contributed by atoms with Gasteiger partial charge in [-0.05, 0) is 11.4 Å². The van der Waals surface area contributed by atoms with Gasteiger partial charge in [-0.15, -0.1) is 0 Å². The average Bonchev–Trinajstić information content (AvgIpc) is 2.73. The van der Waals surface area contributed by atoms with Crippen LogP contribution in [0.5, 0.6) is 11.8 Å². The minimum atomic E-state index is -1.31. The lowest BCUT2D eigenvalue weighted by Gasteiger charge is -2.26. The van der Waals surface area contributed by atoms with Gasteiger partial charge in [-0.3, -0.25) is 23.3 Å². The van der Waals surface area contributed by atoms with Gasteiger partial charge in [0.25, 0.3) is 11.1 Å². The summed E-state index contributed by atoms with van der Waals surface area (Å²) in [6.07, 6.45) is 3.03. The second kappa shape index (κ2) is 6.93. The molecule has 0 radical (unpaired) electrons. The zero-order chi connectivity index (χ0) is 21.6. The fraction of sp³-hybridized carbons (Fsp3) is 0.278. The first kappa shape index (κ1) is 19.9. The molecule has 0 aliphatic carbocycles. The number of nitrogens with zero attached hydrogens (tertiary/aromatic N) is 4. The fourth-order valence-electron chi connectivity index (χ4n) is 3.28. The number of aromatic hydroxyl groups is 1. The van der Waals surface area contributed by atoms with Crippen LogP contribution in [0.25, 0.3) is 0 Å². The molecular weight excluding hydrogens is 382 g/mol. The van der Waals surface area contributed by atoms with Crippen molar-refractivity contribution in [2.75, 3.05) is 0 Å². The highest BCUT2D eigenvalue weighted by molar-refractivity contribution is 5.47. The van der Waals surface area contributed by atoms with Crippen molar-refractivity contribution in [2.24, 2.45) is 28.2 Å². The van der Waals surface area contributed by atoms with Crippen molar-refractivity contribution in [3.8, 4) is 11.8 Å². The summed E-state index contributed by atoms with van der Waals surface area (Å²) in [7, 11) is 4.90. The first-order valence-electron chi connectivity index (χ1n) is 8.51. The Balaban J connectivity index is 2.57. The Labute approximate surface area is 163 Å². The molecule has 1 atom stereocenters. The molecular formula is C18H19N5O6. The van der Waals surface area contributed by atoms with E-state index in [1.54, 1.807) is 0 Å². The molecule has 0 bridgehead atoms. The van der Waals surface area contributed by atoms with Crippen LogP contribution >= 0.6 is 0 Å². The largest absolute Gasteiger partial charge is 0.860 e. The molecule has 3 rings (SSSR count). The van der Waals surface area contributed by atoms with Gasteiger partial charge in [0.1, 0.15) is 0 Å². The van der Waals surface area contributed by atoms with E-state index in [-0.39, 0.29) is 5.56 Å². The summed E-state index contributed by atoms with van der Waals surface area (Å²) in [6.45, 7) is 0. The van der Waals surface area contributed by atoms with Crippen LogP contribution in [0.4, 0.5) is 0 Å². The SMILES string of the molecule is Cn1c([O-])c(C(c2cc[nH+]cc2)c2c(O)n(C)c(=O)n(C)c2=O)c(=O)n(C)c1=O. The third kappa shape index (κ3) is 2.87. The lowest BCUT2D eigenvalue weighted by atomic mass is 9.87. The van der Waals surface area contributed by atoms with Gasteiger partial charge in [-0.25, -0.2) is 14.6 Å². The molecule has 11 nitrogen and oxygen atoms in total. The lowest BCUT2D eigenvalue weighted by Crippen LogP contribution is -2.43. The second-order valence-corrected chi connectivity index (χ2v) is 6.63. The van der Waals surface area contributed by atoms with E-state index in [2.05, 4.69) is 4.98 Å². The van der Waals surface area contributed by atoms with E-state index in [4.69, 9.17) is 0 Å². The Kier molecular flexibility index (Phi) is 4.74. The highest BCUT2D eigenvalue weighted by atomic mass is 16.3. The summed E-state index contributed by atoms with van der Waals surface area (Å²) in [5.41, 5.74) is -3.73. The van der Waals surface area contributed by atoms with Crippen LogP contribution in [0.1, 0.15) is 22.6 Å². The van der Waals surface area contributed by atoms with E-state index in [9.17, 15) is 29.4 Å². The van der Waals surface area contributed by atoms with Gasteiger partial charge in [0, 0.05) is 45.9 Å². The molecule has 0 saturated carbocycles. The van der Waals surface area contributed by atoms with Crippen LogP contribution < -0.4 is 32.6 Å². The lowest BCUT2D eigenvalue weighted by molar-refractivity contribution is -0.378. The molecule has 152 valence electrons. The molecule has 0 spiro atoms. The number of H-pyrrole nitrogens is 1. The summed E-state index contributed by atoms with van der Waals surface area (Å²) >= 11 is 0. The van der Waals surface area contributed by atoms with E-state index >= 15 is 0 Å².